The lowest BCUT2D eigenvalue weighted by Crippen LogP contribution is -2.38. The summed E-state index contributed by atoms with van der Waals surface area (Å²) in [4.78, 5) is 22.5. The molecule has 1 aromatic heterocycles. The van der Waals surface area contributed by atoms with Crippen molar-refractivity contribution in [3.63, 3.8) is 0 Å². The molecule has 3 aromatic rings. The van der Waals surface area contributed by atoms with Crippen LogP contribution < -0.4 is 19.1 Å². The van der Waals surface area contributed by atoms with Crippen LogP contribution in [0.3, 0.4) is 0 Å². The van der Waals surface area contributed by atoms with Crippen LogP contribution >= 0.6 is 11.3 Å². The van der Waals surface area contributed by atoms with Gasteiger partial charge in [-0.1, -0.05) is 44.9 Å². The normalized spacial score (nSPS) is 12.5. The second-order valence-electron chi connectivity index (χ2n) is 8.23. The Morgan fingerprint density at radius 3 is 2.47 bits per heavy atom. The fourth-order valence-corrected chi connectivity index (χ4v) is 4.88. The van der Waals surface area contributed by atoms with Gasteiger partial charge in [-0.2, -0.15) is 0 Å². The Hall–Kier alpha value is -2.84. The van der Waals surface area contributed by atoms with E-state index in [1.54, 1.807) is 4.90 Å². The standard InChI is InChI=1S/C26H33N3O4S/c1-4-7-8-15-31-20-11-9-19(10-12-20)25(30)29(14-13-28(5-2)6-3)26-27-21-16-22-23(33-18-32-22)17-24(21)34-26/h9-12,16-17H,4-8,13-15,18H2,1-3H3. The van der Waals surface area contributed by atoms with Gasteiger partial charge in [0.1, 0.15) is 5.75 Å². The van der Waals surface area contributed by atoms with Gasteiger partial charge in [-0.05, 0) is 43.8 Å². The fraction of sp³-hybridized carbons (Fsp3) is 0.462. The largest absolute Gasteiger partial charge is 0.494 e. The number of hydrogen-bond acceptors (Lipinski definition) is 7. The monoisotopic (exact) mass is 483 g/mol. The summed E-state index contributed by atoms with van der Waals surface area (Å²) >= 11 is 1.50. The molecule has 7 nitrogen and oxygen atoms in total. The van der Waals surface area contributed by atoms with Crippen LogP contribution in [0, 0.1) is 0 Å². The van der Waals surface area contributed by atoms with Gasteiger partial charge < -0.3 is 19.1 Å². The lowest BCUT2D eigenvalue weighted by atomic mass is 10.2. The summed E-state index contributed by atoms with van der Waals surface area (Å²) in [6, 6.07) is 11.3. The molecule has 1 aliphatic heterocycles. The van der Waals surface area contributed by atoms with Crippen LogP contribution in [0.25, 0.3) is 10.2 Å². The Bertz CT molecular complexity index is 1050. The number of benzene rings is 2. The number of unbranched alkanes of at least 4 members (excludes halogenated alkanes) is 2. The lowest BCUT2D eigenvalue weighted by Gasteiger charge is -2.24. The maximum Gasteiger partial charge on any atom is 0.260 e. The van der Waals surface area contributed by atoms with Crippen LogP contribution in [0.2, 0.25) is 0 Å². The van der Waals surface area contributed by atoms with E-state index < -0.39 is 0 Å². The summed E-state index contributed by atoms with van der Waals surface area (Å²) in [5.74, 6) is 2.14. The summed E-state index contributed by atoms with van der Waals surface area (Å²) < 4.78 is 17.8. The number of hydrogen-bond donors (Lipinski definition) is 0. The van der Waals surface area contributed by atoms with Gasteiger partial charge in [0.25, 0.3) is 5.91 Å². The third kappa shape index (κ3) is 5.62. The van der Waals surface area contributed by atoms with Gasteiger partial charge in [0, 0.05) is 30.8 Å². The Balaban J connectivity index is 1.55. The smallest absolute Gasteiger partial charge is 0.260 e. The number of amides is 1. The van der Waals surface area contributed by atoms with Crippen molar-refractivity contribution in [1.82, 2.24) is 9.88 Å². The minimum Gasteiger partial charge on any atom is -0.494 e. The van der Waals surface area contributed by atoms with Crippen molar-refractivity contribution in [2.45, 2.75) is 40.0 Å². The minimum absolute atomic E-state index is 0.0659. The first-order chi connectivity index (χ1) is 16.6. The zero-order chi connectivity index (χ0) is 23.9. The van der Waals surface area contributed by atoms with E-state index >= 15 is 0 Å². The molecule has 182 valence electrons. The van der Waals surface area contributed by atoms with Crippen molar-refractivity contribution in [2.24, 2.45) is 0 Å². The average Bonchev–Trinajstić information content (AvgIpc) is 3.49. The molecule has 2 heterocycles. The molecule has 8 heteroatoms. The average molecular weight is 484 g/mol. The van der Waals surface area contributed by atoms with E-state index in [1.807, 2.05) is 36.4 Å². The van der Waals surface area contributed by atoms with Crippen LogP contribution in [0.5, 0.6) is 17.2 Å². The van der Waals surface area contributed by atoms with Crippen LogP contribution in [0.1, 0.15) is 50.4 Å². The zero-order valence-corrected chi connectivity index (χ0v) is 21.0. The summed E-state index contributed by atoms with van der Waals surface area (Å²) in [5.41, 5.74) is 1.43. The number of ether oxygens (including phenoxy) is 3. The van der Waals surface area contributed by atoms with Crippen LogP contribution in [-0.2, 0) is 0 Å². The maximum absolute atomic E-state index is 13.6. The van der Waals surface area contributed by atoms with Gasteiger partial charge in [0.15, 0.2) is 16.6 Å². The second-order valence-corrected chi connectivity index (χ2v) is 9.24. The third-order valence-corrected chi connectivity index (χ3v) is 7.04. The molecule has 1 amide bonds. The summed E-state index contributed by atoms with van der Waals surface area (Å²) in [6.45, 7) is 10.6. The molecule has 0 aliphatic carbocycles. The van der Waals surface area contributed by atoms with Crippen LogP contribution in [0.4, 0.5) is 5.13 Å². The zero-order valence-electron chi connectivity index (χ0n) is 20.2. The van der Waals surface area contributed by atoms with Gasteiger partial charge in [0.2, 0.25) is 6.79 Å². The minimum atomic E-state index is -0.0659. The predicted molar refractivity (Wildman–Crippen MR) is 137 cm³/mol. The van der Waals surface area contributed by atoms with Crippen molar-refractivity contribution < 1.29 is 19.0 Å². The quantitative estimate of drug-likeness (QED) is 0.313. The number of fused-ring (bicyclic) bond motifs is 2. The highest BCUT2D eigenvalue weighted by molar-refractivity contribution is 7.22. The van der Waals surface area contributed by atoms with Crippen molar-refractivity contribution in [3.05, 3.63) is 42.0 Å². The summed E-state index contributed by atoms with van der Waals surface area (Å²) in [5, 5.41) is 0.677. The molecule has 4 rings (SSSR count). The van der Waals surface area contributed by atoms with Gasteiger partial charge in [0.05, 0.1) is 16.8 Å². The van der Waals surface area contributed by atoms with E-state index in [0.29, 0.717) is 29.6 Å². The summed E-state index contributed by atoms with van der Waals surface area (Å²) in [6.07, 6.45) is 3.35. The molecular formula is C26H33N3O4S. The second kappa shape index (κ2) is 11.5. The van der Waals surface area contributed by atoms with Crippen molar-refractivity contribution in [1.29, 1.82) is 0 Å². The SMILES string of the molecule is CCCCCOc1ccc(C(=O)N(CCN(CC)CC)c2nc3cc4c(cc3s2)OCO4)cc1. The molecule has 0 fully saturated rings. The van der Waals surface area contributed by atoms with Gasteiger partial charge in [-0.15, -0.1) is 0 Å². The van der Waals surface area contributed by atoms with E-state index in [2.05, 4.69) is 25.7 Å². The molecule has 2 aromatic carbocycles. The predicted octanol–water partition coefficient (Wildman–Crippen LogP) is 5.58. The molecular weight excluding hydrogens is 450 g/mol. The molecule has 0 saturated heterocycles. The van der Waals surface area contributed by atoms with Crippen molar-refractivity contribution in [3.8, 4) is 17.2 Å². The number of likely N-dealkylation sites (N-methyl/N-ethyl adjacent to an activating group) is 1. The first-order valence-corrected chi connectivity index (χ1v) is 12.9. The molecule has 0 bridgehead atoms. The van der Waals surface area contributed by atoms with Crippen molar-refractivity contribution >= 4 is 32.6 Å². The van der Waals surface area contributed by atoms with E-state index in [0.717, 1.165) is 60.6 Å². The number of rotatable bonds is 12. The first kappa shape index (κ1) is 24.3. The number of aromatic nitrogens is 1. The third-order valence-electron chi connectivity index (χ3n) is 6.00. The fourth-order valence-electron chi connectivity index (χ4n) is 3.88. The topological polar surface area (TPSA) is 64.1 Å². The van der Waals surface area contributed by atoms with E-state index in [-0.39, 0.29) is 12.7 Å². The molecule has 0 radical (unpaired) electrons. The van der Waals surface area contributed by atoms with E-state index in [4.69, 9.17) is 19.2 Å². The highest BCUT2D eigenvalue weighted by atomic mass is 32.1. The first-order valence-electron chi connectivity index (χ1n) is 12.1. The lowest BCUT2D eigenvalue weighted by molar-refractivity contribution is 0.0983. The highest BCUT2D eigenvalue weighted by Gasteiger charge is 2.24. The molecule has 0 atom stereocenters. The van der Waals surface area contributed by atoms with E-state index in [9.17, 15) is 4.79 Å². The number of carbonyl (C=O) groups excluding carboxylic acids is 1. The number of thiazole rings is 1. The van der Waals surface area contributed by atoms with Gasteiger partial charge in [-0.3, -0.25) is 9.69 Å². The molecule has 0 N–H and O–H groups in total. The Kier molecular flexibility index (Phi) is 8.24. The van der Waals surface area contributed by atoms with E-state index in [1.165, 1.54) is 11.3 Å². The molecule has 0 saturated carbocycles. The number of carbonyl (C=O) groups is 1. The number of nitrogens with zero attached hydrogens (tertiary/aromatic N) is 3. The van der Waals surface area contributed by atoms with Gasteiger partial charge in [-0.25, -0.2) is 4.98 Å². The Morgan fingerprint density at radius 2 is 1.76 bits per heavy atom. The van der Waals surface area contributed by atoms with Crippen molar-refractivity contribution in [2.75, 3.05) is 44.5 Å². The molecule has 0 spiro atoms. The summed E-state index contributed by atoms with van der Waals surface area (Å²) in [7, 11) is 0. The number of anilines is 1. The van der Waals surface area contributed by atoms with Gasteiger partial charge >= 0.3 is 0 Å². The molecule has 0 unspecified atom stereocenters. The molecule has 34 heavy (non-hydrogen) atoms. The Morgan fingerprint density at radius 1 is 1.03 bits per heavy atom. The van der Waals surface area contributed by atoms with Crippen LogP contribution in [-0.4, -0.2) is 55.4 Å². The molecule has 1 aliphatic rings. The highest BCUT2D eigenvalue weighted by Crippen LogP contribution is 2.40. The Labute approximate surface area is 205 Å². The maximum atomic E-state index is 13.6. The van der Waals surface area contributed by atoms with Crippen LogP contribution in [0.15, 0.2) is 36.4 Å².